The number of hydrogen-bond acceptors (Lipinski definition) is 1. The van der Waals surface area contributed by atoms with Crippen LogP contribution in [0.5, 0.6) is 0 Å². The molecule has 2 nitrogen and oxygen atoms in total. The standard InChI is InChI=1S/C9H10O2.Zn/c10-9(11)7-6-8-4-2-1-3-5-8;/h1-5H,6-7H2,(H,10,11);. The minimum absolute atomic E-state index is 0. The van der Waals surface area contributed by atoms with E-state index in [-0.39, 0.29) is 25.9 Å². The average molecular weight is 216 g/mol. The van der Waals surface area contributed by atoms with Crippen molar-refractivity contribution < 1.29 is 29.4 Å². The Hall–Kier alpha value is -0.687. The molecular formula is C9H10O2Zn. The number of benzene rings is 1. The molecule has 0 heterocycles. The summed E-state index contributed by atoms with van der Waals surface area (Å²) in [5.41, 5.74) is 1.08. The summed E-state index contributed by atoms with van der Waals surface area (Å²) in [6, 6.07) is 9.62. The normalized spacial score (nSPS) is 8.67. The van der Waals surface area contributed by atoms with E-state index in [4.69, 9.17) is 5.11 Å². The van der Waals surface area contributed by atoms with Gasteiger partial charge in [-0.05, 0) is 12.0 Å². The first-order valence-electron chi connectivity index (χ1n) is 3.55. The number of rotatable bonds is 3. The quantitative estimate of drug-likeness (QED) is 0.780. The summed E-state index contributed by atoms with van der Waals surface area (Å²) in [6.45, 7) is 0. The molecule has 1 aromatic rings. The molecule has 3 heteroatoms. The molecule has 0 fully saturated rings. The Morgan fingerprint density at radius 2 is 1.83 bits per heavy atom. The smallest absolute Gasteiger partial charge is 0.303 e. The van der Waals surface area contributed by atoms with Crippen LogP contribution in [0, 0.1) is 0 Å². The Morgan fingerprint density at radius 3 is 2.33 bits per heavy atom. The summed E-state index contributed by atoms with van der Waals surface area (Å²) in [6.07, 6.45) is 0.834. The number of aryl methyl sites for hydroxylation is 1. The van der Waals surface area contributed by atoms with Gasteiger partial charge in [-0.2, -0.15) is 0 Å². The van der Waals surface area contributed by atoms with E-state index in [0.717, 1.165) is 5.56 Å². The molecule has 12 heavy (non-hydrogen) atoms. The van der Waals surface area contributed by atoms with Crippen molar-refractivity contribution in [2.75, 3.05) is 0 Å². The third kappa shape index (κ3) is 4.25. The van der Waals surface area contributed by atoms with Crippen LogP contribution in [-0.4, -0.2) is 11.1 Å². The van der Waals surface area contributed by atoms with Gasteiger partial charge in [-0.1, -0.05) is 30.3 Å². The molecule has 1 N–H and O–H groups in total. The predicted octanol–water partition coefficient (Wildman–Crippen LogP) is 1.70. The van der Waals surface area contributed by atoms with Crippen LogP contribution in [-0.2, 0) is 30.7 Å². The summed E-state index contributed by atoms with van der Waals surface area (Å²) in [5, 5.41) is 8.37. The molecule has 0 saturated heterocycles. The van der Waals surface area contributed by atoms with Crippen LogP contribution >= 0.6 is 0 Å². The van der Waals surface area contributed by atoms with Gasteiger partial charge in [-0.25, -0.2) is 0 Å². The molecule has 1 rings (SSSR count). The number of carboxylic acid groups (broad SMARTS) is 1. The van der Waals surface area contributed by atoms with Crippen molar-refractivity contribution in [1.29, 1.82) is 0 Å². The molecular weight excluding hydrogens is 205 g/mol. The first kappa shape index (κ1) is 11.3. The van der Waals surface area contributed by atoms with Crippen LogP contribution in [0.1, 0.15) is 12.0 Å². The van der Waals surface area contributed by atoms with Crippen molar-refractivity contribution in [3.63, 3.8) is 0 Å². The van der Waals surface area contributed by atoms with Gasteiger partial charge in [-0.15, -0.1) is 0 Å². The van der Waals surface area contributed by atoms with Gasteiger partial charge < -0.3 is 5.11 Å². The van der Waals surface area contributed by atoms with Crippen molar-refractivity contribution in [3.8, 4) is 0 Å². The minimum Gasteiger partial charge on any atom is -0.481 e. The second-order valence-electron chi connectivity index (χ2n) is 2.38. The van der Waals surface area contributed by atoms with Crippen LogP contribution in [0.4, 0.5) is 0 Å². The molecule has 60 valence electrons. The zero-order chi connectivity index (χ0) is 8.10. The third-order valence-electron chi connectivity index (χ3n) is 1.47. The maximum absolute atomic E-state index is 10.2. The maximum atomic E-state index is 10.2. The fourth-order valence-electron chi connectivity index (χ4n) is 0.896. The molecule has 0 amide bonds. The zero-order valence-corrected chi connectivity index (χ0v) is 9.83. The SMILES string of the molecule is O=C(O)CCc1ccccc1.[Zn]. The molecule has 0 saturated carbocycles. The van der Waals surface area contributed by atoms with Gasteiger partial charge in [0.25, 0.3) is 0 Å². The molecule has 0 aromatic heterocycles. The Morgan fingerprint density at radius 1 is 1.25 bits per heavy atom. The van der Waals surface area contributed by atoms with E-state index >= 15 is 0 Å². The molecule has 0 unspecified atom stereocenters. The molecule has 0 spiro atoms. The van der Waals surface area contributed by atoms with E-state index in [1.165, 1.54) is 0 Å². The second kappa shape index (κ2) is 5.90. The molecule has 0 atom stereocenters. The van der Waals surface area contributed by atoms with Gasteiger partial charge >= 0.3 is 5.97 Å². The molecule has 0 aliphatic rings. The van der Waals surface area contributed by atoms with Crippen LogP contribution in [0.3, 0.4) is 0 Å². The fourth-order valence-corrected chi connectivity index (χ4v) is 0.896. The average Bonchev–Trinajstić information content (AvgIpc) is 2.03. The van der Waals surface area contributed by atoms with Crippen LogP contribution in [0.15, 0.2) is 30.3 Å². The van der Waals surface area contributed by atoms with E-state index in [1.54, 1.807) is 0 Å². The molecule has 1 aromatic carbocycles. The largest absolute Gasteiger partial charge is 0.481 e. The van der Waals surface area contributed by atoms with Gasteiger partial charge in [0.2, 0.25) is 0 Å². The Labute approximate surface area is 84.4 Å². The van der Waals surface area contributed by atoms with Crippen LogP contribution in [0.25, 0.3) is 0 Å². The van der Waals surface area contributed by atoms with Crippen LogP contribution in [0.2, 0.25) is 0 Å². The number of hydrogen-bond donors (Lipinski definition) is 1. The van der Waals surface area contributed by atoms with Crippen LogP contribution < -0.4 is 0 Å². The summed E-state index contributed by atoms with van der Waals surface area (Å²) in [5.74, 6) is -0.742. The zero-order valence-electron chi connectivity index (χ0n) is 6.86. The summed E-state index contributed by atoms with van der Waals surface area (Å²) < 4.78 is 0. The summed E-state index contributed by atoms with van der Waals surface area (Å²) >= 11 is 0. The van der Waals surface area contributed by atoms with Crippen molar-refractivity contribution >= 4 is 5.97 Å². The summed E-state index contributed by atoms with van der Waals surface area (Å²) in [4.78, 5) is 10.2. The van der Waals surface area contributed by atoms with E-state index in [2.05, 4.69) is 0 Å². The Balaban J connectivity index is 0.00000121. The molecule has 0 radical (unpaired) electrons. The third-order valence-corrected chi connectivity index (χ3v) is 1.47. The van der Waals surface area contributed by atoms with E-state index in [9.17, 15) is 4.79 Å². The van der Waals surface area contributed by atoms with Crippen molar-refractivity contribution in [3.05, 3.63) is 35.9 Å². The summed E-state index contributed by atoms with van der Waals surface area (Å²) in [7, 11) is 0. The first-order valence-corrected chi connectivity index (χ1v) is 3.55. The van der Waals surface area contributed by atoms with Crippen molar-refractivity contribution in [1.82, 2.24) is 0 Å². The second-order valence-corrected chi connectivity index (χ2v) is 2.38. The Bertz CT molecular complexity index is 234. The predicted molar refractivity (Wildman–Crippen MR) is 42.4 cm³/mol. The van der Waals surface area contributed by atoms with Gasteiger partial charge in [0.1, 0.15) is 0 Å². The minimum atomic E-state index is -0.742. The van der Waals surface area contributed by atoms with Crippen molar-refractivity contribution in [2.45, 2.75) is 12.8 Å². The topological polar surface area (TPSA) is 37.3 Å². The molecule has 0 aliphatic heterocycles. The molecule has 0 aliphatic carbocycles. The number of carboxylic acids is 1. The number of carbonyl (C=O) groups is 1. The van der Waals surface area contributed by atoms with Gasteiger partial charge in [0, 0.05) is 25.9 Å². The van der Waals surface area contributed by atoms with E-state index in [1.807, 2.05) is 30.3 Å². The monoisotopic (exact) mass is 214 g/mol. The molecule has 0 bridgehead atoms. The van der Waals surface area contributed by atoms with Gasteiger partial charge in [-0.3, -0.25) is 4.79 Å². The van der Waals surface area contributed by atoms with Crippen molar-refractivity contribution in [2.24, 2.45) is 0 Å². The fraction of sp³-hybridized carbons (Fsp3) is 0.222. The maximum Gasteiger partial charge on any atom is 0.303 e. The van der Waals surface area contributed by atoms with E-state index in [0.29, 0.717) is 6.42 Å². The number of aliphatic carboxylic acids is 1. The van der Waals surface area contributed by atoms with Gasteiger partial charge in [0.05, 0.1) is 0 Å². The first-order chi connectivity index (χ1) is 5.29. The van der Waals surface area contributed by atoms with Gasteiger partial charge in [0.15, 0.2) is 0 Å². The van der Waals surface area contributed by atoms with E-state index < -0.39 is 5.97 Å². The Kier molecular flexibility index (Phi) is 5.56.